The Hall–Kier alpha value is -2.59. The lowest BCUT2D eigenvalue weighted by Crippen LogP contribution is -2.68. The predicted molar refractivity (Wildman–Crippen MR) is 98.3 cm³/mol. The second-order valence-electron chi connectivity index (χ2n) is 6.40. The summed E-state index contributed by atoms with van der Waals surface area (Å²) in [5, 5.41) is 3.03. The van der Waals surface area contributed by atoms with Gasteiger partial charge < -0.3 is 16.3 Å². The van der Waals surface area contributed by atoms with Crippen molar-refractivity contribution in [3.8, 4) is 0 Å². The molecule has 0 heterocycles. The first-order valence-corrected chi connectivity index (χ1v) is 8.46. The molecule has 1 aliphatic rings. The molecule has 2 unspecified atom stereocenters. The van der Waals surface area contributed by atoms with E-state index in [-0.39, 0.29) is 11.9 Å². The molecule has 0 spiro atoms. The van der Waals surface area contributed by atoms with Crippen molar-refractivity contribution in [1.29, 1.82) is 0 Å². The fourth-order valence-corrected chi connectivity index (χ4v) is 3.41. The molecule has 5 heteroatoms. The van der Waals surface area contributed by atoms with Crippen LogP contribution in [0.25, 0.3) is 10.8 Å². The summed E-state index contributed by atoms with van der Waals surface area (Å²) in [6.45, 7) is 3.49. The lowest BCUT2D eigenvalue weighted by Gasteiger charge is -2.45. The number of carbonyl (C=O) groups is 1. The van der Waals surface area contributed by atoms with Crippen molar-refractivity contribution in [3.63, 3.8) is 0 Å². The van der Waals surface area contributed by atoms with Crippen molar-refractivity contribution < 1.29 is 9.63 Å². The summed E-state index contributed by atoms with van der Waals surface area (Å²) < 4.78 is 0. The van der Waals surface area contributed by atoms with Crippen LogP contribution in [0.3, 0.4) is 0 Å². The van der Waals surface area contributed by atoms with Gasteiger partial charge in [0, 0.05) is 6.04 Å². The Labute approximate surface area is 147 Å². The number of nitrogens with two attached hydrogens (primary N) is 2. The van der Waals surface area contributed by atoms with E-state index in [2.05, 4.69) is 12.3 Å². The monoisotopic (exact) mass is 337 g/mol. The number of hydrogen-bond donors (Lipinski definition) is 2. The van der Waals surface area contributed by atoms with Crippen LogP contribution in [0.2, 0.25) is 0 Å². The first kappa shape index (κ1) is 17.2. The van der Waals surface area contributed by atoms with Crippen LogP contribution in [-0.2, 0) is 4.84 Å². The molecule has 130 valence electrons. The Morgan fingerprint density at radius 3 is 2.80 bits per heavy atom. The van der Waals surface area contributed by atoms with Gasteiger partial charge in [0.25, 0.3) is 5.91 Å². The zero-order valence-corrected chi connectivity index (χ0v) is 14.2. The van der Waals surface area contributed by atoms with Crippen LogP contribution < -0.4 is 11.5 Å². The molecule has 2 aromatic carbocycles. The first-order valence-electron chi connectivity index (χ1n) is 8.46. The van der Waals surface area contributed by atoms with Gasteiger partial charge in [0.05, 0.1) is 5.56 Å². The smallest absolute Gasteiger partial charge is 0.288 e. The van der Waals surface area contributed by atoms with Crippen molar-refractivity contribution in [2.24, 2.45) is 11.5 Å². The van der Waals surface area contributed by atoms with Gasteiger partial charge in [-0.15, -0.1) is 5.06 Å². The Morgan fingerprint density at radius 1 is 1.28 bits per heavy atom. The third-order valence-corrected chi connectivity index (χ3v) is 4.81. The van der Waals surface area contributed by atoms with Crippen molar-refractivity contribution in [2.45, 2.75) is 37.4 Å². The zero-order chi connectivity index (χ0) is 17.9. The molecule has 2 aromatic rings. The minimum absolute atomic E-state index is 0.317. The van der Waals surface area contributed by atoms with Crippen LogP contribution in [0, 0.1) is 0 Å². The van der Waals surface area contributed by atoms with E-state index in [9.17, 15) is 4.79 Å². The van der Waals surface area contributed by atoms with Crippen LogP contribution in [0.1, 0.15) is 36.0 Å². The van der Waals surface area contributed by atoms with Crippen molar-refractivity contribution >= 4 is 16.7 Å². The summed E-state index contributed by atoms with van der Waals surface area (Å²) in [7, 11) is 0. The van der Waals surface area contributed by atoms with E-state index in [4.69, 9.17) is 16.3 Å². The highest BCUT2D eigenvalue weighted by Gasteiger charge is 2.45. The van der Waals surface area contributed by atoms with Crippen LogP contribution in [-0.4, -0.2) is 22.7 Å². The van der Waals surface area contributed by atoms with E-state index in [0.717, 1.165) is 30.0 Å². The fraction of sp³-hybridized carbons (Fsp3) is 0.300. The van der Waals surface area contributed by atoms with Crippen LogP contribution in [0.15, 0.2) is 61.0 Å². The quantitative estimate of drug-likeness (QED) is 0.389. The molecule has 1 saturated carbocycles. The second-order valence-corrected chi connectivity index (χ2v) is 6.40. The number of nitrogens with zero attached hydrogens (tertiary/aromatic N) is 1. The second kappa shape index (κ2) is 7.11. The van der Waals surface area contributed by atoms with E-state index in [0.29, 0.717) is 12.0 Å². The summed E-state index contributed by atoms with van der Waals surface area (Å²) in [5.41, 5.74) is 14.8. The number of carbonyl (C=O) groups excluding carboxylic acids is 1. The number of rotatable bonds is 4. The maximum atomic E-state index is 13.3. The Morgan fingerprint density at radius 2 is 2.04 bits per heavy atom. The van der Waals surface area contributed by atoms with Gasteiger partial charge in [-0.25, -0.2) is 0 Å². The van der Waals surface area contributed by atoms with E-state index < -0.39 is 5.66 Å². The summed E-state index contributed by atoms with van der Waals surface area (Å²) in [4.78, 5) is 18.9. The Bertz CT molecular complexity index is 823. The molecule has 0 saturated heterocycles. The molecule has 4 N–H and O–H groups in total. The largest absolute Gasteiger partial charge is 0.374 e. The first-order chi connectivity index (χ1) is 12.1. The van der Waals surface area contributed by atoms with Crippen molar-refractivity contribution in [2.75, 3.05) is 0 Å². The summed E-state index contributed by atoms with van der Waals surface area (Å²) in [5.74, 6) is -0.317. The third-order valence-electron chi connectivity index (χ3n) is 4.81. The highest BCUT2D eigenvalue weighted by molar-refractivity contribution is 6.06. The number of amides is 1. The van der Waals surface area contributed by atoms with E-state index in [1.807, 2.05) is 36.4 Å². The highest BCUT2D eigenvalue weighted by atomic mass is 16.7. The molecular formula is C20H23N3O2. The van der Waals surface area contributed by atoms with Gasteiger partial charge in [-0.2, -0.15) is 0 Å². The molecule has 3 rings (SSSR count). The molecular weight excluding hydrogens is 314 g/mol. The molecule has 1 aliphatic carbocycles. The molecule has 5 nitrogen and oxygen atoms in total. The van der Waals surface area contributed by atoms with Gasteiger partial charge in [0.2, 0.25) is 0 Å². The summed E-state index contributed by atoms with van der Waals surface area (Å²) in [6, 6.07) is 12.9. The zero-order valence-electron chi connectivity index (χ0n) is 14.2. The van der Waals surface area contributed by atoms with Gasteiger partial charge in [-0.05, 0) is 36.1 Å². The number of hydroxylamine groups is 2. The van der Waals surface area contributed by atoms with Crippen LogP contribution in [0.5, 0.6) is 0 Å². The van der Waals surface area contributed by atoms with E-state index in [1.165, 1.54) is 11.3 Å². The SMILES string of the molecule is C=C=CON(C(=O)c1cccc2ccccc12)C1(N)CCCCC1N. The highest BCUT2D eigenvalue weighted by Crippen LogP contribution is 2.31. The van der Waals surface area contributed by atoms with Gasteiger partial charge in [-0.3, -0.25) is 4.79 Å². The maximum absolute atomic E-state index is 13.3. The van der Waals surface area contributed by atoms with Crippen molar-refractivity contribution in [1.82, 2.24) is 5.06 Å². The Balaban J connectivity index is 2.06. The van der Waals surface area contributed by atoms with Gasteiger partial charge in [0.15, 0.2) is 6.26 Å². The predicted octanol–water partition coefficient (Wildman–Crippen LogP) is 3.07. The van der Waals surface area contributed by atoms with Crippen LogP contribution >= 0.6 is 0 Å². The normalized spacial score (nSPS) is 22.9. The van der Waals surface area contributed by atoms with Gasteiger partial charge in [0.1, 0.15) is 5.66 Å². The lowest BCUT2D eigenvalue weighted by atomic mass is 9.84. The van der Waals surface area contributed by atoms with Gasteiger partial charge in [-0.1, -0.05) is 55.1 Å². The number of fused-ring (bicyclic) bond motifs is 1. The molecule has 2 atom stereocenters. The average molecular weight is 337 g/mol. The molecule has 0 radical (unpaired) electrons. The minimum atomic E-state index is -1.07. The van der Waals surface area contributed by atoms with Crippen LogP contribution in [0.4, 0.5) is 0 Å². The number of hydrogen-bond acceptors (Lipinski definition) is 4. The minimum Gasteiger partial charge on any atom is -0.374 e. The van der Waals surface area contributed by atoms with Gasteiger partial charge >= 0.3 is 0 Å². The maximum Gasteiger partial charge on any atom is 0.288 e. The summed E-state index contributed by atoms with van der Waals surface area (Å²) in [6.07, 6.45) is 4.45. The fourth-order valence-electron chi connectivity index (χ4n) is 3.41. The Kier molecular flexibility index (Phi) is 4.91. The van der Waals surface area contributed by atoms with Crippen molar-refractivity contribution in [3.05, 3.63) is 66.6 Å². The third kappa shape index (κ3) is 3.17. The van der Waals surface area contributed by atoms with E-state index in [1.54, 1.807) is 6.07 Å². The average Bonchev–Trinajstić information content (AvgIpc) is 2.64. The molecule has 0 bridgehead atoms. The molecule has 1 fully saturated rings. The molecule has 1 amide bonds. The number of benzene rings is 2. The standard InChI is InChI=1S/C20H23N3O2/c1-2-14-25-23(20(22)13-6-5-12-18(20)21)19(24)17-11-7-9-15-8-3-4-10-16(15)17/h3-4,7-11,14,18H,1,5-6,12-13,21-22H2. The molecule has 25 heavy (non-hydrogen) atoms. The summed E-state index contributed by atoms with van der Waals surface area (Å²) >= 11 is 0. The topological polar surface area (TPSA) is 81.6 Å². The lowest BCUT2D eigenvalue weighted by molar-refractivity contribution is -0.156. The molecule has 0 aromatic heterocycles. The van der Waals surface area contributed by atoms with E-state index >= 15 is 0 Å². The molecule has 0 aliphatic heterocycles.